The molecule has 2 rings (SSSR count). The first kappa shape index (κ1) is 14.4. The summed E-state index contributed by atoms with van der Waals surface area (Å²) >= 11 is 0. The highest BCUT2D eigenvalue weighted by atomic mass is 16.5. The van der Waals surface area contributed by atoms with Gasteiger partial charge in [0.05, 0.1) is 5.69 Å². The summed E-state index contributed by atoms with van der Waals surface area (Å²) in [5, 5.41) is 3.49. The molecular weight excluding hydrogens is 246 g/mol. The van der Waals surface area contributed by atoms with Crippen LogP contribution in [0.4, 0.5) is 5.69 Å². The molecule has 2 nitrogen and oxygen atoms in total. The fraction of sp³-hybridized carbons (Fsp3) is 0.333. The molecule has 0 spiro atoms. The van der Waals surface area contributed by atoms with Crippen LogP contribution in [0.1, 0.15) is 26.7 Å². The first-order valence-corrected chi connectivity index (χ1v) is 7.35. The maximum Gasteiger partial charge on any atom is 0.150 e. The minimum Gasteiger partial charge on any atom is -0.455 e. The number of anilines is 1. The van der Waals surface area contributed by atoms with Crippen LogP contribution in [0, 0.1) is 5.92 Å². The summed E-state index contributed by atoms with van der Waals surface area (Å²) in [5.74, 6) is 2.41. The molecule has 2 aromatic carbocycles. The Hall–Kier alpha value is -1.96. The van der Waals surface area contributed by atoms with Crippen LogP contribution < -0.4 is 10.1 Å². The topological polar surface area (TPSA) is 21.3 Å². The summed E-state index contributed by atoms with van der Waals surface area (Å²) in [6, 6.07) is 18.0. The summed E-state index contributed by atoms with van der Waals surface area (Å²) in [5.41, 5.74) is 1.05. The largest absolute Gasteiger partial charge is 0.455 e. The SMILES string of the molecule is CCCC(C)CNc1ccccc1Oc1ccccc1. The minimum atomic E-state index is 0.671. The van der Waals surface area contributed by atoms with Crippen LogP contribution in [0.5, 0.6) is 11.5 Å². The highest BCUT2D eigenvalue weighted by molar-refractivity contribution is 5.57. The van der Waals surface area contributed by atoms with Crippen LogP contribution in [0.2, 0.25) is 0 Å². The predicted molar refractivity (Wildman–Crippen MR) is 85.5 cm³/mol. The lowest BCUT2D eigenvalue weighted by Crippen LogP contribution is -2.11. The molecule has 20 heavy (non-hydrogen) atoms. The molecular formula is C18H23NO. The lowest BCUT2D eigenvalue weighted by Gasteiger charge is -2.16. The lowest BCUT2D eigenvalue weighted by molar-refractivity contribution is 0.483. The van der Waals surface area contributed by atoms with E-state index >= 15 is 0 Å². The molecule has 0 radical (unpaired) electrons. The number of para-hydroxylation sites is 3. The molecule has 0 saturated carbocycles. The fourth-order valence-electron chi connectivity index (χ4n) is 2.20. The molecule has 0 aliphatic rings. The number of rotatable bonds is 7. The van der Waals surface area contributed by atoms with Crippen molar-refractivity contribution in [3.63, 3.8) is 0 Å². The average Bonchev–Trinajstić information content (AvgIpc) is 2.48. The maximum absolute atomic E-state index is 5.94. The van der Waals surface area contributed by atoms with E-state index in [1.165, 1.54) is 12.8 Å². The van der Waals surface area contributed by atoms with E-state index in [1.54, 1.807) is 0 Å². The molecule has 0 heterocycles. The van der Waals surface area contributed by atoms with Gasteiger partial charge in [-0.3, -0.25) is 0 Å². The van der Waals surface area contributed by atoms with Crippen LogP contribution in [-0.4, -0.2) is 6.54 Å². The van der Waals surface area contributed by atoms with Crippen molar-refractivity contribution >= 4 is 5.69 Å². The van der Waals surface area contributed by atoms with Crippen molar-refractivity contribution in [2.24, 2.45) is 5.92 Å². The molecule has 1 atom stereocenters. The summed E-state index contributed by atoms with van der Waals surface area (Å²) < 4.78 is 5.94. The van der Waals surface area contributed by atoms with Crippen molar-refractivity contribution < 1.29 is 4.74 Å². The van der Waals surface area contributed by atoms with Gasteiger partial charge in [0.25, 0.3) is 0 Å². The van der Waals surface area contributed by atoms with Crippen LogP contribution in [-0.2, 0) is 0 Å². The summed E-state index contributed by atoms with van der Waals surface area (Å²) in [6.07, 6.45) is 2.47. The molecule has 2 heteroatoms. The Bertz CT molecular complexity index is 510. The molecule has 0 aromatic heterocycles. The van der Waals surface area contributed by atoms with Crippen molar-refractivity contribution in [3.8, 4) is 11.5 Å². The Morgan fingerprint density at radius 3 is 2.45 bits per heavy atom. The van der Waals surface area contributed by atoms with Crippen molar-refractivity contribution in [2.45, 2.75) is 26.7 Å². The van der Waals surface area contributed by atoms with Gasteiger partial charge >= 0.3 is 0 Å². The van der Waals surface area contributed by atoms with E-state index in [4.69, 9.17) is 4.74 Å². The van der Waals surface area contributed by atoms with Gasteiger partial charge in [0, 0.05) is 6.54 Å². The first-order chi connectivity index (χ1) is 9.79. The van der Waals surface area contributed by atoms with E-state index < -0.39 is 0 Å². The zero-order valence-electron chi connectivity index (χ0n) is 12.3. The monoisotopic (exact) mass is 269 g/mol. The molecule has 1 unspecified atom stereocenters. The van der Waals surface area contributed by atoms with Gasteiger partial charge in [0.1, 0.15) is 5.75 Å². The van der Waals surface area contributed by atoms with Crippen LogP contribution in [0.3, 0.4) is 0 Å². The second kappa shape index (κ2) is 7.59. The Morgan fingerprint density at radius 2 is 1.70 bits per heavy atom. The van der Waals surface area contributed by atoms with Gasteiger partial charge in [-0.2, -0.15) is 0 Å². The van der Waals surface area contributed by atoms with Gasteiger partial charge in [0.2, 0.25) is 0 Å². The van der Waals surface area contributed by atoms with Gasteiger partial charge in [0.15, 0.2) is 5.75 Å². The van der Waals surface area contributed by atoms with Crippen molar-refractivity contribution in [3.05, 3.63) is 54.6 Å². The van der Waals surface area contributed by atoms with Crippen molar-refractivity contribution in [2.75, 3.05) is 11.9 Å². The fourth-order valence-corrected chi connectivity index (χ4v) is 2.20. The van der Waals surface area contributed by atoms with Crippen LogP contribution in [0.15, 0.2) is 54.6 Å². The third kappa shape index (κ3) is 4.30. The normalized spacial score (nSPS) is 11.9. The number of hydrogen-bond acceptors (Lipinski definition) is 2. The molecule has 0 aliphatic heterocycles. The zero-order chi connectivity index (χ0) is 14.2. The number of nitrogens with one attached hydrogen (secondary N) is 1. The third-order valence-corrected chi connectivity index (χ3v) is 3.28. The molecule has 2 aromatic rings. The van der Waals surface area contributed by atoms with E-state index in [9.17, 15) is 0 Å². The Labute approximate surface area is 121 Å². The van der Waals surface area contributed by atoms with Crippen molar-refractivity contribution in [1.82, 2.24) is 0 Å². The van der Waals surface area contributed by atoms with Gasteiger partial charge in [-0.15, -0.1) is 0 Å². The smallest absolute Gasteiger partial charge is 0.150 e. The van der Waals surface area contributed by atoms with Gasteiger partial charge in [-0.25, -0.2) is 0 Å². The van der Waals surface area contributed by atoms with Gasteiger partial charge < -0.3 is 10.1 Å². The number of ether oxygens (including phenoxy) is 1. The maximum atomic E-state index is 5.94. The molecule has 0 aliphatic carbocycles. The van der Waals surface area contributed by atoms with Crippen molar-refractivity contribution in [1.29, 1.82) is 0 Å². The second-order valence-corrected chi connectivity index (χ2v) is 5.19. The molecule has 0 fully saturated rings. The Morgan fingerprint density at radius 1 is 1.00 bits per heavy atom. The number of hydrogen-bond donors (Lipinski definition) is 1. The third-order valence-electron chi connectivity index (χ3n) is 3.28. The molecule has 0 saturated heterocycles. The highest BCUT2D eigenvalue weighted by Gasteiger charge is 2.06. The number of benzene rings is 2. The summed E-state index contributed by atoms with van der Waals surface area (Å²) in [7, 11) is 0. The zero-order valence-corrected chi connectivity index (χ0v) is 12.3. The quantitative estimate of drug-likeness (QED) is 0.733. The van der Waals surface area contributed by atoms with Gasteiger partial charge in [-0.05, 0) is 36.6 Å². The molecule has 0 bridgehead atoms. The average molecular weight is 269 g/mol. The summed E-state index contributed by atoms with van der Waals surface area (Å²) in [6.45, 7) is 5.48. The minimum absolute atomic E-state index is 0.671. The lowest BCUT2D eigenvalue weighted by atomic mass is 10.1. The van der Waals surface area contributed by atoms with Gasteiger partial charge in [-0.1, -0.05) is 50.6 Å². The summed E-state index contributed by atoms with van der Waals surface area (Å²) in [4.78, 5) is 0. The molecule has 0 amide bonds. The Kier molecular flexibility index (Phi) is 5.48. The van der Waals surface area contributed by atoms with E-state index in [0.717, 1.165) is 23.7 Å². The molecule has 1 N–H and O–H groups in total. The van der Waals surface area contributed by atoms with E-state index in [0.29, 0.717) is 5.92 Å². The Balaban J connectivity index is 2.02. The predicted octanol–water partition coefficient (Wildman–Crippen LogP) is 5.33. The van der Waals surface area contributed by atoms with E-state index in [1.807, 2.05) is 48.5 Å². The second-order valence-electron chi connectivity index (χ2n) is 5.19. The standard InChI is InChI=1S/C18H23NO/c1-3-9-15(2)14-19-17-12-7-8-13-18(17)20-16-10-5-4-6-11-16/h4-8,10-13,15,19H,3,9,14H2,1-2H3. The van der Waals surface area contributed by atoms with E-state index in [-0.39, 0.29) is 0 Å². The highest BCUT2D eigenvalue weighted by Crippen LogP contribution is 2.29. The van der Waals surface area contributed by atoms with Crippen LogP contribution in [0.25, 0.3) is 0 Å². The molecule has 106 valence electrons. The first-order valence-electron chi connectivity index (χ1n) is 7.35. The van der Waals surface area contributed by atoms with Crippen LogP contribution >= 0.6 is 0 Å². The van der Waals surface area contributed by atoms with E-state index in [2.05, 4.69) is 25.2 Å².